The number of carbonyl (C=O) groups excluding carboxylic acids is 1. The van der Waals surface area contributed by atoms with Crippen LogP contribution in [0.15, 0.2) is 24.3 Å². The van der Waals surface area contributed by atoms with Gasteiger partial charge in [0, 0.05) is 6.04 Å². The third kappa shape index (κ3) is 3.74. The summed E-state index contributed by atoms with van der Waals surface area (Å²) in [7, 11) is 1.64. The lowest BCUT2D eigenvalue weighted by atomic mass is 10.1. The smallest absolute Gasteiger partial charge is 0.235 e. The molecule has 4 heteroatoms. The molecule has 0 unspecified atom stereocenters. The number of methoxy groups -OCH3 is 1. The van der Waals surface area contributed by atoms with Crippen LogP contribution >= 0.6 is 11.6 Å². The summed E-state index contributed by atoms with van der Waals surface area (Å²) in [6, 6.07) is 7.81. The third-order valence-corrected chi connectivity index (χ3v) is 2.49. The van der Waals surface area contributed by atoms with Crippen LogP contribution < -0.4 is 10.1 Å². The monoisotopic (exact) mass is 241 g/mol. The number of hydrogen-bond acceptors (Lipinski definition) is 2. The Balaban J connectivity index is 2.61. The van der Waals surface area contributed by atoms with Crippen LogP contribution in [0, 0.1) is 0 Å². The fourth-order valence-corrected chi connectivity index (χ4v) is 1.64. The zero-order valence-electron chi connectivity index (χ0n) is 9.50. The summed E-state index contributed by atoms with van der Waals surface area (Å²) in [6.07, 6.45) is 0.729. The molecule has 0 aliphatic carbocycles. The molecule has 0 radical (unpaired) electrons. The van der Waals surface area contributed by atoms with Gasteiger partial charge in [0.1, 0.15) is 11.6 Å². The van der Waals surface area contributed by atoms with Gasteiger partial charge in [0.15, 0.2) is 0 Å². The van der Waals surface area contributed by atoms with E-state index >= 15 is 0 Å². The number of benzene rings is 1. The number of ether oxygens (including phenoxy) is 1. The molecule has 0 fully saturated rings. The molecule has 88 valence electrons. The van der Waals surface area contributed by atoms with Crippen LogP contribution in [0.2, 0.25) is 0 Å². The van der Waals surface area contributed by atoms with E-state index in [0.717, 1.165) is 17.7 Å². The number of alkyl halides is 1. The zero-order chi connectivity index (χ0) is 12.0. The second kappa shape index (κ2) is 6.38. The maximum absolute atomic E-state index is 11.1. The molecule has 0 spiro atoms. The van der Waals surface area contributed by atoms with Crippen LogP contribution in [0.25, 0.3) is 0 Å². The maximum Gasteiger partial charge on any atom is 0.235 e. The highest BCUT2D eigenvalue weighted by molar-refractivity contribution is 6.27. The van der Waals surface area contributed by atoms with Crippen molar-refractivity contribution in [1.29, 1.82) is 0 Å². The molecule has 1 N–H and O–H groups in total. The molecular formula is C12H16ClNO2. The summed E-state index contributed by atoms with van der Waals surface area (Å²) in [4.78, 5) is 11.1. The van der Waals surface area contributed by atoms with E-state index < -0.39 is 0 Å². The first kappa shape index (κ1) is 12.8. The van der Waals surface area contributed by atoms with Gasteiger partial charge in [-0.1, -0.05) is 18.2 Å². The first-order valence-corrected chi connectivity index (χ1v) is 5.68. The Kier molecular flexibility index (Phi) is 5.12. The summed E-state index contributed by atoms with van der Waals surface area (Å²) in [6.45, 7) is 1.94. The van der Waals surface area contributed by atoms with Crippen LogP contribution in [-0.4, -0.2) is 24.9 Å². The average molecular weight is 242 g/mol. The number of hydrogen-bond donors (Lipinski definition) is 1. The molecule has 0 aliphatic heterocycles. The summed E-state index contributed by atoms with van der Waals surface area (Å²) in [5, 5.41) is 2.80. The van der Waals surface area contributed by atoms with Gasteiger partial charge in [-0.25, -0.2) is 0 Å². The zero-order valence-corrected chi connectivity index (χ0v) is 10.3. The van der Waals surface area contributed by atoms with E-state index in [1.54, 1.807) is 7.11 Å². The first-order chi connectivity index (χ1) is 7.67. The second-order valence-corrected chi connectivity index (χ2v) is 3.89. The van der Waals surface area contributed by atoms with E-state index in [0.29, 0.717) is 0 Å². The molecule has 1 aromatic carbocycles. The van der Waals surface area contributed by atoms with Gasteiger partial charge in [0.25, 0.3) is 0 Å². The van der Waals surface area contributed by atoms with Crippen molar-refractivity contribution in [2.24, 2.45) is 0 Å². The van der Waals surface area contributed by atoms with E-state index in [1.807, 2.05) is 31.2 Å². The Morgan fingerprint density at radius 2 is 2.19 bits per heavy atom. The van der Waals surface area contributed by atoms with E-state index in [1.165, 1.54) is 0 Å². The molecule has 3 nitrogen and oxygen atoms in total. The maximum atomic E-state index is 11.1. The van der Waals surface area contributed by atoms with Crippen LogP contribution in [-0.2, 0) is 11.2 Å². The van der Waals surface area contributed by atoms with Crippen molar-refractivity contribution in [1.82, 2.24) is 5.32 Å². The SMILES string of the molecule is COc1ccccc1C[C@H](C)NC(=O)CCl. The van der Waals surface area contributed by atoms with Gasteiger partial charge in [0.2, 0.25) is 5.91 Å². The highest BCUT2D eigenvalue weighted by Crippen LogP contribution is 2.18. The molecule has 0 saturated carbocycles. The third-order valence-electron chi connectivity index (χ3n) is 2.25. The fraction of sp³-hybridized carbons (Fsp3) is 0.417. The normalized spacial score (nSPS) is 11.9. The molecule has 0 aromatic heterocycles. The minimum atomic E-state index is -0.149. The average Bonchev–Trinajstić information content (AvgIpc) is 2.29. The minimum Gasteiger partial charge on any atom is -0.496 e. The Hall–Kier alpha value is -1.22. The number of rotatable bonds is 5. The highest BCUT2D eigenvalue weighted by Gasteiger charge is 2.09. The minimum absolute atomic E-state index is 0.00371. The molecular weight excluding hydrogens is 226 g/mol. The van der Waals surface area contributed by atoms with E-state index in [9.17, 15) is 4.79 Å². The molecule has 1 aromatic rings. The molecule has 1 rings (SSSR count). The topological polar surface area (TPSA) is 38.3 Å². The summed E-state index contributed by atoms with van der Waals surface area (Å²) < 4.78 is 5.24. The summed E-state index contributed by atoms with van der Waals surface area (Å²) in [5.41, 5.74) is 1.08. The number of nitrogens with one attached hydrogen (secondary N) is 1. The van der Waals surface area contributed by atoms with Gasteiger partial charge < -0.3 is 10.1 Å². The Morgan fingerprint density at radius 3 is 2.81 bits per heavy atom. The van der Waals surface area contributed by atoms with E-state index in [-0.39, 0.29) is 17.8 Å². The van der Waals surface area contributed by atoms with E-state index in [4.69, 9.17) is 16.3 Å². The van der Waals surface area contributed by atoms with Crippen LogP contribution in [0.4, 0.5) is 0 Å². The predicted octanol–water partition coefficient (Wildman–Crippen LogP) is 1.98. The lowest BCUT2D eigenvalue weighted by Crippen LogP contribution is -2.34. The van der Waals surface area contributed by atoms with Gasteiger partial charge in [-0.3, -0.25) is 4.79 Å². The van der Waals surface area contributed by atoms with Crippen molar-refractivity contribution in [3.8, 4) is 5.75 Å². The van der Waals surface area contributed by atoms with Gasteiger partial charge in [-0.15, -0.1) is 11.6 Å². The van der Waals surface area contributed by atoms with Gasteiger partial charge in [-0.05, 0) is 25.0 Å². The number of carbonyl (C=O) groups is 1. The highest BCUT2D eigenvalue weighted by atomic mass is 35.5. The van der Waals surface area contributed by atoms with Crippen molar-refractivity contribution in [2.45, 2.75) is 19.4 Å². The number of amides is 1. The molecule has 0 saturated heterocycles. The van der Waals surface area contributed by atoms with Crippen molar-refractivity contribution < 1.29 is 9.53 Å². The lowest BCUT2D eigenvalue weighted by molar-refractivity contribution is -0.119. The molecule has 0 heterocycles. The fourth-order valence-electron chi connectivity index (χ4n) is 1.57. The van der Waals surface area contributed by atoms with Crippen LogP contribution in [0.3, 0.4) is 0 Å². The number of halogens is 1. The summed E-state index contributed by atoms with van der Waals surface area (Å²) in [5.74, 6) is 0.689. The van der Waals surface area contributed by atoms with E-state index in [2.05, 4.69) is 5.32 Å². The van der Waals surface area contributed by atoms with Gasteiger partial charge >= 0.3 is 0 Å². The van der Waals surface area contributed by atoms with Crippen molar-refractivity contribution in [3.05, 3.63) is 29.8 Å². The van der Waals surface area contributed by atoms with Crippen molar-refractivity contribution in [2.75, 3.05) is 13.0 Å². The lowest BCUT2D eigenvalue weighted by Gasteiger charge is -2.15. The molecule has 0 bridgehead atoms. The molecule has 0 aliphatic rings. The predicted molar refractivity (Wildman–Crippen MR) is 65.0 cm³/mol. The molecule has 16 heavy (non-hydrogen) atoms. The second-order valence-electron chi connectivity index (χ2n) is 3.62. The van der Waals surface area contributed by atoms with Gasteiger partial charge in [-0.2, -0.15) is 0 Å². The first-order valence-electron chi connectivity index (χ1n) is 5.14. The van der Waals surface area contributed by atoms with Crippen molar-refractivity contribution in [3.63, 3.8) is 0 Å². The largest absolute Gasteiger partial charge is 0.496 e. The standard InChI is InChI=1S/C12H16ClNO2/c1-9(14-12(15)8-13)7-10-5-3-4-6-11(10)16-2/h3-6,9H,7-8H2,1-2H3,(H,14,15)/t9-/m0/s1. The Bertz CT molecular complexity index is 355. The van der Waals surface area contributed by atoms with Crippen LogP contribution in [0.1, 0.15) is 12.5 Å². The molecule has 1 amide bonds. The Labute approximate surface area is 101 Å². The summed E-state index contributed by atoms with van der Waals surface area (Å²) >= 11 is 5.42. The van der Waals surface area contributed by atoms with Crippen molar-refractivity contribution >= 4 is 17.5 Å². The van der Waals surface area contributed by atoms with Gasteiger partial charge in [0.05, 0.1) is 7.11 Å². The Morgan fingerprint density at radius 1 is 1.50 bits per heavy atom. The van der Waals surface area contributed by atoms with Crippen LogP contribution in [0.5, 0.6) is 5.75 Å². The molecule has 1 atom stereocenters. The number of para-hydroxylation sites is 1. The quantitative estimate of drug-likeness (QED) is 0.801.